The Morgan fingerprint density at radius 2 is 2.00 bits per heavy atom. The number of nitrogens with zero attached hydrogens (tertiary/aromatic N) is 1. The van der Waals surface area contributed by atoms with Gasteiger partial charge in [-0.2, -0.15) is 0 Å². The molecule has 0 aliphatic carbocycles. The van der Waals surface area contributed by atoms with E-state index < -0.39 is 0 Å². The third-order valence-corrected chi connectivity index (χ3v) is 4.97. The van der Waals surface area contributed by atoms with Crippen molar-refractivity contribution in [2.45, 2.75) is 59.0 Å². The highest BCUT2D eigenvalue weighted by Crippen LogP contribution is 2.27. The fraction of sp³-hybridized carbons (Fsp3) is 0.667. The first-order valence-corrected chi connectivity index (χ1v) is 8.93. The van der Waals surface area contributed by atoms with Gasteiger partial charge in [0.2, 0.25) is 0 Å². The van der Waals surface area contributed by atoms with E-state index in [2.05, 4.69) is 72.0 Å². The number of hydrogen-bond acceptors (Lipinski definition) is 2. The van der Waals surface area contributed by atoms with Gasteiger partial charge in [0.25, 0.3) is 0 Å². The molecule has 1 aliphatic heterocycles. The minimum atomic E-state index is 0.152. The molecule has 1 fully saturated rings. The molecule has 21 heavy (non-hydrogen) atoms. The van der Waals surface area contributed by atoms with Crippen molar-refractivity contribution in [2.24, 2.45) is 5.92 Å². The zero-order valence-corrected chi connectivity index (χ0v) is 15.5. The summed E-state index contributed by atoms with van der Waals surface area (Å²) in [4.78, 5) is 2.54. The van der Waals surface area contributed by atoms with Crippen molar-refractivity contribution in [3.63, 3.8) is 0 Å². The molecule has 1 atom stereocenters. The predicted octanol–water partition coefficient (Wildman–Crippen LogP) is 4.96. The second-order valence-electron chi connectivity index (χ2n) is 7.40. The minimum absolute atomic E-state index is 0.152. The van der Waals surface area contributed by atoms with Crippen LogP contribution in [0.15, 0.2) is 22.7 Å². The summed E-state index contributed by atoms with van der Waals surface area (Å²) in [5, 5.41) is 3.55. The fourth-order valence-electron chi connectivity index (χ4n) is 2.76. The Morgan fingerprint density at radius 3 is 2.67 bits per heavy atom. The summed E-state index contributed by atoms with van der Waals surface area (Å²) in [6.07, 6.45) is 3.99. The van der Waals surface area contributed by atoms with Crippen LogP contribution in [0.5, 0.6) is 0 Å². The van der Waals surface area contributed by atoms with Crippen LogP contribution < -0.4 is 10.2 Å². The Bertz CT molecular complexity index is 465. The Kier molecular flexibility index (Phi) is 5.73. The molecule has 2 rings (SSSR count). The maximum absolute atomic E-state index is 3.75. The van der Waals surface area contributed by atoms with Crippen molar-refractivity contribution in [2.75, 3.05) is 18.0 Å². The van der Waals surface area contributed by atoms with Crippen molar-refractivity contribution in [1.82, 2.24) is 5.32 Å². The molecule has 2 nitrogen and oxygen atoms in total. The second kappa shape index (κ2) is 7.15. The summed E-state index contributed by atoms with van der Waals surface area (Å²) in [6.45, 7) is 12.3. The van der Waals surface area contributed by atoms with E-state index in [0.29, 0.717) is 0 Å². The van der Waals surface area contributed by atoms with E-state index in [1.54, 1.807) is 0 Å². The van der Waals surface area contributed by atoms with Gasteiger partial charge in [0, 0.05) is 35.3 Å². The monoisotopic (exact) mass is 352 g/mol. The van der Waals surface area contributed by atoms with E-state index in [1.807, 2.05) is 0 Å². The Labute approximate surface area is 138 Å². The highest BCUT2D eigenvalue weighted by atomic mass is 79.9. The lowest BCUT2D eigenvalue weighted by Gasteiger charge is -2.24. The normalized spacial score (nSPS) is 20.4. The zero-order valence-electron chi connectivity index (χ0n) is 13.9. The van der Waals surface area contributed by atoms with Crippen molar-refractivity contribution in [1.29, 1.82) is 0 Å². The first kappa shape index (κ1) is 16.8. The van der Waals surface area contributed by atoms with Crippen LogP contribution in [0.2, 0.25) is 0 Å². The van der Waals surface area contributed by atoms with E-state index in [0.717, 1.165) is 12.5 Å². The van der Waals surface area contributed by atoms with Crippen LogP contribution in [0.4, 0.5) is 5.69 Å². The highest BCUT2D eigenvalue weighted by molar-refractivity contribution is 9.10. The van der Waals surface area contributed by atoms with E-state index in [-0.39, 0.29) is 5.54 Å². The molecular formula is C18H29BrN2. The van der Waals surface area contributed by atoms with E-state index in [1.165, 1.54) is 48.1 Å². The summed E-state index contributed by atoms with van der Waals surface area (Å²) in [5.41, 5.74) is 2.84. The van der Waals surface area contributed by atoms with Crippen LogP contribution in [0.25, 0.3) is 0 Å². The maximum atomic E-state index is 3.75. The zero-order chi connectivity index (χ0) is 15.5. The lowest BCUT2D eigenvalue weighted by molar-refractivity contribution is 0.424. The third-order valence-electron chi connectivity index (χ3n) is 4.23. The van der Waals surface area contributed by atoms with E-state index in [4.69, 9.17) is 0 Å². The quantitative estimate of drug-likeness (QED) is 0.826. The predicted molar refractivity (Wildman–Crippen MR) is 96.0 cm³/mol. The van der Waals surface area contributed by atoms with Gasteiger partial charge in [0.05, 0.1) is 0 Å². The van der Waals surface area contributed by atoms with Crippen LogP contribution in [-0.2, 0) is 6.54 Å². The molecule has 1 aliphatic rings. The Balaban J connectivity index is 2.04. The SMILES string of the molecule is CC1CCCN(c2ccc(CNC(C)(C)C)c(Br)c2)CC1. The van der Waals surface area contributed by atoms with E-state index >= 15 is 0 Å². The smallest absolute Gasteiger partial charge is 0.0377 e. The van der Waals surface area contributed by atoms with Gasteiger partial charge in [-0.1, -0.05) is 28.9 Å². The first-order chi connectivity index (χ1) is 9.85. The highest BCUT2D eigenvalue weighted by Gasteiger charge is 2.15. The van der Waals surface area contributed by atoms with Gasteiger partial charge in [0.1, 0.15) is 0 Å². The van der Waals surface area contributed by atoms with Crippen LogP contribution in [0, 0.1) is 5.92 Å². The van der Waals surface area contributed by atoms with Gasteiger partial charge in [-0.25, -0.2) is 0 Å². The number of halogens is 1. The van der Waals surface area contributed by atoms with Gasteiger partial charge in [0.15, 0.2) is 0 Å². The van der Waals surface area contributed by atoms with Crippen LogP contribution in [-0.4, -0.2) is 18.6 Å². The van der Waals surface area contributed by atoms with Crippen LogP contribution >= 0.6 is 15.9 Å². The number of anilines is 1. The summed E-state index contributed by atoms with van der Waals surface area (Å²) in [7, 11) is 0. The summed E-state index contributed by atoms with van der Waals surface area (Å²) in [6, 6.07) is 6.82. The molecule has 1 heterocycles. The molecule has 0 amide bonds. The first-order valence-electron chi connectivity index (χ1n) is 8.13. The lowest BCUT2D eigenvalue weighted by atomic mass is 10.0. The molecule has 0 radical (unpaired) electrons. The standard InChI is InChI=1S/C18H29BrN2/c1-14-6-5-10-21(11-9-14)16-8-7-15(17(19)12-16)13-20-18(2,3)4/h7-8,12,14,20H,5-6,9-11,13H2,1-4H3. The van der Waals surface area contributed by atoms with Crippen LogP contribution in [0.1, 0.15) is 52.5 Å². The fourth-order valence-corrected chi connectivity index (χ4v) is 3.26. The molecule has 1 unspecified atom stereocenters. The summed E-state index contributed by atoms with van der Waals surface area (Å²) < 4.78 is 1.22. The number of nitrogens with one attached hydrogen (secondary N) is 1. The van der Waals surface area contributed by atoms with Crippen molar-refractivity contribution >= 4 is 21.6 Å². The van der Waals surface area contributed by atoms with Gasteiger partial charge in [-0.3, -0.25) is 0 Å². The Hall–Kier alpha value is -0.540. The molecule has 0 bridgehead atoms. The van der Waals surface area contributed by atoms with Crippen molar-refractivity contribution < 1.29 is 0 Å². The molecule has 1 saturated heterocycles. The molecule has 0 spiro atoms. The molecular weight excluding hydrogens is 324 g/mol. The molecule has 0 aromatic heterocycles. The second-order valence-corrected chi connectivity index (χ2v) is 8.26. The number of rotatable bonds is 3. The van der Waals surface area contributed by atoms with E-state index in [9.17, 15) is 0 Å². The molecule has 118 valence electrons. The molecule has 1 aromatic carbocycles. The van der Waals surface area contributed by atoms with Gasteiger partial charge >= 0.3 is 0 Å². The van der Waals surface area contributed by atoms with Gasteiger partial charge in [-0.05, 0) is 63.6 Å². The Morgan fingerprint density at radius 1 is 1.24 bits per heavy atom. The average Bonchev–Trinajstić information content (AvgIpc) is 2.61. The summed E-state index contributed by atoms with van der Waals surface area (Å²) >= 11 is 3.75. The largest absolute Gasteiger partial charge is 0.371 e. The molecule has 1 aromatic rings. The molecule has 3 heteroatoms. The van der Waals surface area contributed by atoms with Gasteiger partial charge < -0.3 is 10.2 Å². The topological polar surface area (TPSA) is 15.3 Å². The number of hydrogen-bond donors (Lipinski definition) is 1. The molecule has 0 saturated carbocycles. The van der Waals surface area contributed by atoms with Gasteiger partial charge in [-0.15, -0.1) is 0 Å². The third kappa shape index (κ3) is 5.30. The minimum Gasteiger partial charge on any atom is -0.371 e. The van der Waals surface area contributed by atoms with Crippen molar-refractivity contribution in [3.05, 3.63) is 28.2 Å². The lowest BCUT2D eigenvalue weighted by Crippen LogP contribution is -2.35. The number of benzene rings is 1. The van der Waals surface area contributed by atoms with Crippen molar-refractivity contribution in [3.8, 4) is 0 Å². The maximum Gasteiger partial charge on any atom is 0.0377 e. The van der Waals surface area contributed by atoms with Crippen LogP contribution in [0.3, 0.4) is 0 Å². The summed E-state index contributed by atoms with van der Waals surface area (Å²) in [5.74, 6) is 0.869. The average molecular weight is 353 g/mol. The molecule has 1 N–H and O–H groups in total.